The Bertz CT molecular complexity index is 1030. The summed E-state index contributed by atoms with van der Waals surface area (Å²) in [6, 6.07) is 23.0. The average Bonchev–Trinajstić information content (AvgIpc) is 3.11. The fourth-order valence-electron chi connectivity index (χ4n) is 3.95. The molecule has 29 heavy (non-hydrogen) atoms. The van der Waals surface area contributed by atoms with Crippen molar-refractivity contribution in [2.45, 2.75) is 12.6 Å². The van der Waals surface area contributed by atoms with Gasteiger partial charge in [0.15, 0.2) is 0 Å². The average molecular weight is 387 g/mol. The van der Waals surface area contributed by atoms with Crippen LogP contribution in [0.4, 0.5) is 4.79 Å². The number of rotatable bonds is 4. The van der Waals surface area contributed by atoms with Gasteiger partial charge in [-0.05, 0) is 39.9 Å². The minimum atomic E-state index is -0.426. The number of carbonyl (C=O) groups is 2. The number of ether oxygens (including phenoxy) is 2. The van der Waals surface area contributed by atoms with Crippen molar-refractivity contribution in [1.29, 1.82) is 0 Å². The second-order valence-electron chi connectivity index (χ2n) is 6.87. The summed E-state index contributed by atoms with van der Waals surface area (Å²) >= 11 is 0. The third-order valence-electron chi connectivity index (χ3n) is 5.22. The van der Waals surface area contributed by atoms with Gasteiger partial charge in [0.1, 0.15) is 0 Å². The Kier molecular flexibility index (Phi) is 5.04. The van der Waals surface area contributed by atoms with Gasteiger partial charge in [-0.25, -0.2) is 9.59 Å². The van der Waals surface area contributed by atoms with Gasteiger partial charge in [0.05, 0.1) is 25.8 Å². The molecule has 0 heterocycles. The maximum atomic E-state index is 12.8. The summed E-state index contributed by atoms with van der Waals surface area (Å²) in [5, 5.41) is 0. The fraction of sp³-hybridized carbons (Fsp3) is 0.167. The van der Waals surface area contributed by atoms with E-state index in [2.05, 4.69) is 12.1 Å². The van der Waals surface area contributed by atoms with Crippen molar-refractivity contribution in [3.63, 3.8) is 0 Å². The number of carbonyl (C=O) groups excluding carboxylic acids is 2. The molecule has 0 aromatic heterocycles. The van der Waals surface area contributed by atoms with Crippen molar-refractivity contribution in [2.24, 2.45) is 0 Å². The summed E-state index contributed by atoms with van der Waals surface area (Å²) in [5.41, 5.74) is 5.62. The molecule has 0 radical (unpaired) electrons. The SMILES string of the molecule is COC(=O)c1cccc(CN(C(=O)OC)C2c3ccccc3-c3ccccc32)c1. The summed E-state index contributed by atoms with van der Waals surface area (Å²) in [6.07, 6.45) is -0.426. The first-order valence-corrected chi connectivity index (χ1v) is 9.34. The molecule has 1 aliphatic rings. The lowest BCUT2D eigenvalue weighted by Crippen LogP contribution is -2.34. The number of nitrogens with zero attached hydrogens (tertiary/aromatic N) is 1. The van der Waals surface area contributed by atoms with E-state index in [0.717, 1.165) is 27.8 Å². The van der Waals surface area contributed by atoms with E-state index in [4.69, 9.17) is 9.47 Å². The van der Waals surface area contributed by atoms with Crippen LogP contribution in [0.2, 0.25) is 0 Å². The highest BCUT2D eigenvalue weighted by Crippen LogP contribution is 2.46. The zero-order chi connectivity index (χ0) is 20.4. The van der Waals surface area contributed by atoms with Crippen molar-refractivity contribution < 1.29 is 19.1 Å². The van der Waals surface area contributed by atoms with Crippen LogP contribution in [0.3, 0.4) is 0 Å². The number of esters is 1. The predicted molar refractivity (Wildman–Crippen MR) is 109 cm³/mol. The van der Waals surface area contributed by atoms with Crippen LogP contribution in [0, 0.1) is 0 Å². The predicted octanol–water partition coefficient (Wildman–Crippen LogP) is 4.81. The summed E-state index contributed by atoms with van der Waals surface area (Å²) in [4.78, 5) is 26.4. The van der Waals surface area contributed by atoms with Gasteiger partial charge in [-0.15, -0.1) is 0 Å². The Morgan fingerprint density at radius 2 is 1.45 bits per heavy atom. The van der Waals surface area contributed by atoms with E-state index < -0.39 is 12.1 Å². The molecule has 0 unspecified atom stereocenters. The van der Waals surface area contributed by atoms with Crippen LogP contribution in [0.1, 0.15) is 33.1 Å². The molecule has 4 rings (SSSR count). The van der Waals surface area contributed by atoms with Crippen LogP contribution < -0.4 is 0 Å². The van der Waals surface area contributed by atoms with Crippen molar-refractivity contribution in [3.05, 3.63) is 95.1 Å². The Morgan fingerprint density at radius 3 is 2.03 bits per heavy atom. The highest BCUT2D eigenvalue weighted by atomic mass is 16.5. The molecular formula is C24H21NO4. The molecule has 0 saturated carbocycles. The molecule has 3 aromatic carbocycles. The number of hydrogen-bond donors (Lipinski definition) is 0. The molecule has 1 amide bonds. The van der Waals surface area contributed by atoms with Gasteiger partial charge in [-0.1, -0.05) is 60.7 Å². The molecule has 0 aliphatic heterocycles. The van der Waals surface area contributed by atoms with Crippen LogP contribution in [-0.4, -0.2) is 31.2 Å². The Labute approximate surface area is 169 Å². The first-order chi connectivity index (χ1) is 14.1. The lowest BCUT2D eigenvalue weighted by Gasteiger charge is -2.29. The van der Waals surface area contributed by atoms with Crippen LogP contribution in [-0.2, 0) is 16.0 Å². The van der Waals surface area contributed by atoms with E-state index in [1.165, 1.54) is 14.2 Å². The molecule has 0 saturated heterocycles. The number of amides is 1. The molecule has 5 nitrogen and oxygen atoms in total. The molecular weight excluding hydrogens is 366 g/mol. The van der Waals surface area contributed by atoms with Crippen molar-refractivity contribution >= 4 is 12.1 Å². The van der Waals surface area contributed by atoms with Crippen molar-refractivity contribution in [2.75, 3.05) is 14.2 Å². The highest BCUT2D eigenvalue weighted by Gasteiger charge is 2.35. The number of hydrogen-bond acceptors (Lipinski definition) is 4. The van der Waals surface area contributed by atoms with Crippen LogP contribution in [0.15, 0.2) is 72.8 Å². The molecule has 5 heteroatoms. The van der Waals surface area contributed by atoms with Crippen molar-refractivity contribution in [3.8, 4) is 11.1 Å². The molecule has 0 spiro atoms. The summed E-state index contributed by atoms with van der Waals surface area (Å²) < 4.78 is 9.93. The van der Waals surface area contributed by atoms with E-state index in [1.807, 2.05) is 42.5 Å². The molecule has 0 fully saturated rings. The lowest BCUT2D eigenvalue weighted by atomic mass is 10.0. The number of benzene rings is 3. The maximum absolute atomic E-state index is 12.8. The largest absolute Gasteiger partial charge is 0.465 e. The van der Waals surface area contributed by atoms with Gasteiger partial charge in [0.25, 0.3) is 0 Å². The smallest absolute Gasteiger partial charge is 0.410 e. The first kappa shape index (κ1) is 18.7. The van der Waals surface area contributed by atoms with Crippen molar-refractivity contribution in [1.82, 2.24) is 4.90 Å². The van der Waals surface area contributed by atoms with Crippen LogP contribution in [0.5, 0.6) is 0 Å². The van der Waals surface area contributed by atoms with Crippen LogP contribution in [0.25, 0.3) is 11.1 Å². The molecule has 0 bridgehead atoms. The number of methoxy groups -OCH3 is 2. The van der Waals surface area contributed by atoms with E-state index in [0.29, 0.717) is 12.1 Å². The molecule has 0 N–H and O–H groups in total. The third-order valence-corrected chi connectivity index (χ3v) is 5.22. The van der Waals surface area contributed by atoms with E-state index in [9.17, 15) is 9.59 Å². The zero-order valence-electron chi connectivity index (χ0n) is 16.3. The fourth-order valence-corrected chi connectivity index (χ4v) is 3.95. The van der Waals surface area contributed by atoms with E-state index >= 15 is 0 Å². The second kappa shape index (κ2) is 7.80. The highest BCUT2D eigenvalue weighted by molar-refractivity contribution is 5.89. The quantitative estimate of drug-likeness (QED) is 0.603. The summed E-state index contributed by atoms with van der Waals surface area (Å²) in [6.45, 7) is 0.296. The number of fused-ring (bicyclic) bond motifs is 3. The Morgan fingerprint density at radius 1 is 0.828 bits per heavy atom. The van der Waals surface area contributed by atoms with E-state index in [-0.39, 0.29) is 6.04 Å². The van der Waals surface area contributed by atoms with Gasteiger partial charge < -0.3 is 9.47 Å². The monoisotopic (exact) mass is 387 g/mol. The Balaban J connectivity index is 1.77. The minimum Gasteiger partial charge on any atom is -0.465 e. The summed E-state index contributed by atoms with van der Waals surface area (Å²) in [7, 11) is 2.73. The maximum Gasteiger partial charge on any atom is 0.410 e. The topological polar surface area (TPSA) is 55.8 Å². The third kappa shape index (κ3) is 3.36. The Hall–Kier alpha value is -3.60. The van der Waals surface area contributed by atoms with Gasteiger partial charge >= 0.3 is 12.1 Å². The summed E-state index contributed by atoms with van der Waals surface area (Å²) in [5.74, 6) is -0.409. The zero-order valence-corrected chi connectivity index (χ0v) is 16.3. The normalized spacial score (nSPS) is 12.1. The van der Waals surface area contributed by atoms with E-state index in [1.54, 1.807) is 23.1 Å². The molecule has 0 atom stereocenters. The van der Waals surface area contributed by atoms with Crippen LogP contribution >= 0.6 is 0 Å². The molecule has 146 valence electrons. The first-order valence-electron chi connectivity index (χ1n) is 9.34. The van der Waals surface area contributed by atoms with Gasteiger partial charge in [-0.3, -0.25) is 4.90 Å². The second-order valence-corrected chi connectivity index (χ2v) is 6.87. The molecule has 3 aromatic rings. The minimum absolute atomic E-state index is 0.267. The standard InChI is InChI=1S/C24H21NO4/c1-28-23(26)17-9-7-8-16(14-17)15-25(24(27)29-2)22-20-12-5-3-10-18(20)19-11-4-6-13-21(19)22/h3-14,22H,15H2,1-2H3. The van der Waals surface area contributed by atoms with Gasteiger partial charge in [-0.2, -0.15) is 0 Å². The van der Waals surface area contributed by atoms with Gasteiger partial charge in [0, 0.05) is 6.54 Å². The lowest BCUT2D eigenvalue weighted by molar-refractivity contribution is 0.0600. The van der Waals surface area contributed by atoms with Gasteiger partial charge in [0.2, 0.25) is 0 Å². The molecule has 1 aliphatic carbocycles.